The Bertz CT molecular complexity index is 585. The number of aromatic nitrogens is 1. The van der Waals surface area contributed by atoms with Crippen LogP contribution in [0.3, 0.4) is 0 Å². The first-order valence-electron chi connectivity index (χ1n) is 5.56. The van der Waals surface area contributed by atoms with Crippen molar-refractivity contribution in [1.82, 2.24) is 10.3 Å². The summed E-state index contributed by atoms with van der Waals surface area (Å²) in [6.07, 6.45) is 1.86. The fourth-order valence-electron chi connectivity index (χ4n) is 1.46. The third kappa shape index (κ3) is 3.18. The number of nitrogens with one attached hydrogen (secondary N) is 1. The largest absolute Gasteiger partial charge is 0.467 e. The smallest absolute Gasteiger partial charge is 0.269 e. The molecule has 1 atom stereocenters. The molecule has 2 heterocycles. The molecule has 6 heteroatoms. The van der Waals surface area contributed by atoms with Gasteiger partial charge in [0.15, 0.2) is 0 Å². The Hall–Kier alpha value is -2.65. The summed E-state index contributed by atoms with van der Waals surface area (Å²) in [5, 5.41) is 20.9. The predicted molar refractivity (Wildman–Crippen MR) is 65.0 cm³/mol. The third-order valence-corrected chi connectivity index (χ3v) is 2.45. The number of pyridine rings is 1. The van der Waals surface area contributed by atoms with Crippen molar-refractivity contribution in [2.24, 2.45) is 0 Å². The molecule has 0 saturated carbocycles. The van der Waals surface area contributed by atoms with Gasteiger partial charge in [-0.3, -0.25) is 4.79 Å². The molecule has 19 heavy (non-hydrogen) atoms. The number of aliphatic hydroxyl groups is 1. The van der Waals surface area contributed by atoms with Gasteiger partial charge in [0, 0.05) is 6.20 Å². The Balaban J connectivity index is 1.92. The number of amides is 1. The fourth-order valence-corrected chi connectivity index (χ4v) is 1.46. The lowest BCUT2D eigenvalue weighted by Gasteiger charge is -2.09. The van der Waals surface area contributed by atoms with E-state index in [0.717, 1.165) is 0 Å². The fraction of sp³-hybridized carbons (Fsp3) is 0.154. The van der Waals surface area contributed by atoms with Gasteiger partial charge < -0.3 is 14.8 Å². The zero-order valence-corrected chi connectivity index (χ0v) is 9.91. The van der Waals surface area contributed by atoms with E-state index < -0.39 is 12.0 Å². The van der Waals surface area contributed by atoms with E-state index in [-0.39, 0.29) is 12.2 Å². The van der Waals surface area contributed by atoms with Gasteiger partial charge in [-0.2, -0.15) is 5.26 Å². The number of rotatable bonds is 4. The maximum atomic E-state index is 11.7. The molecule has 0 saturated heterocycles. The molecule has 0 spiro atoms. The van der Waals surface area contributed by atoms with E-state index in [1.165, 1.54) is 24.6 Å². The minimum absolute atomic E-state index is 0.0219. The Labute approximate surface area is 109 Å². The number of hydrogen-bond donors (Lipinski definition) is 2. The first-order valence-corrected chi connectivity index (χ1v) is 5.56. The number of furan rings is 1. The van der Waals surface area contributed by atoms with Gasteiger partial charge in [-0.25, -0.2) is 4.98 Å². The Morgan fingerprint density at radius 2 is 2.37 bits per heavy atom. The monoisotopic (exact) mass is 257 g/mol. The summed E-state index contributed by atoms with van der Waals surface area (Å²) in [6.45, 7) is 0.0219. The number of nitriles is 1. The minimum Gasteiger partial charge on any atom is -0.467 e. The van der Waals surface area contributed by atoms with Crippen LogP contribution in [0.5, 0.6) is 0 Å². The molecule has 2 rings (SSSR count). The van der Waals surface area contributed by atoms with E-state index in [4.69, 9.17) is 9.68 Å². The van der Waals surface area contributed by atoms with Crippen LogP contribution >= 0.6 is 0 Å². The van der Waals surface area contributed by atoms with Gasteiger partial charge in [0.25, 0.3) is 5.91 Å². The Morgan fingerprint density at radius 3 is 2.95 bits per heavy atom. The second kappa shape index (κ2) is 5.80. The molecule has 96 valence electrons. The van der Waals surface area contributed by atoms with Crippen molar-refractivity contribution in [3.8, 4) is 6.07 Å². The zero-order chi connectivity index (χ0) is 13.7. The van der Waals surface area contributed by atoms with Crippen LogP contribution in [-0.4, -0.2) is 22.5 Å². The van der Waals surface area contributed by atoms with Crippen LogP contribution in [0.15, 0.2) is 41.1 Å². The highest BCUT2D eigenvalue weighted by atomic mass is 16.4. The molecule has 1 unspecified atom stereocenters. The quantitative estimate of drug-likeness (QED) is 0.851. The van der Waals surface area contributed by atoms with Crippen LogP contribution in [0.1, 0.15) is 27.9 Å². The molecule has 2 aromatic rings. The predicted octanol–water partition coefficient (Wildman–Crippen LogP) is 1.01. The van der Waals surface area contributed by atoms with Gasteiger partial charge in [-0.15, -0.1) is 0 Å². The lowest BCUT2D eigenvalue weighted by Crippen LogP contribution is -2.28. The SMILES string of the molecule is N#Cc1ccc(C(=O)NCC(O)c2ccco2)nc1. The van der Waals surface area contributed by atoms with E-state index in [1.54, 1.807) is 12.1 Å². The third-order valence-electron chi connectivity index (χ3n) is 2.45. The molecule has 0 radical (unpaired) electrons. The number of hydrogen-bond acceptors (Lipinski definition) is 5. The molecule has 1 amide bonds. The van der Waals surface area contributed by atoms with Crippen molar-refractivity contribution in [3.05, 3.63) is 53.7 Å². The van der Waals surface area contributed by atoms with Crippen molar-refractivity contribution in [3.63, 3.8) is 0 Å². The average Bonchev–Trinajstić information content (AvgIpc) is 2.98. The van der Waals surface area contributed by atoms with Crippen molar-refractivity contribution >= 4 is 5.91 Å². The average molecular weight is 257 g/mol. The molecule has 0 aliphatic heterocycles. The van der Waals surface area contributed by atoms with Crippen molar-refractivity contribution < 1.29 is 14.3 Å². The van der Waals surface area contributed by atoms with Gasteiger partial charge in [0.05, 0.1) is 18.4 Å². The molecule has 6 nitrogen and oxygen atoms in total. The van der Waals surface area contributed by atoms with Crippen molar-refractivity contribution in [2.45, 2.75) is 6.10 Å². The van der Waals surface area contributed by atoms with Gasteiger partial charge >= 0.3 is 0 Å². The number of carbonyl (C=O) groups is 1. The first kappa shape index (κ1) is 12.8. The summed E-state index contributed by atoms with van der Waals surface area (Å²) < 4.78 is 5.01. The molecule has 0 bridgehead atoms. The summed E-state index contributed by atoms with van der Waals surface area (Å²) in [5.74, 6) is -0.0387. The Kier molecular flexibility index (Phi) is 3.90. The van der Waals surface area contributed by atoms with E-state index in [1.807, 2.05) is 6.07 Å². The highest BCUT2D eigenvalue weighted by Gasteiger charge is 2.13. The second-order valence-electron chi connectivity index (χ2n) is 3.79. The number of nitrogens with zero attached hydrogens (tertiary/aromatic N) is 2. The van der Waals surface area contributed by atoms with Gasteiger partial charge in [-0.1, -0.05) is 0 Å². The van der Waals surface area contributed by atoms with E-state index in [0.29, 0.717) is 11.3 Å². The van der Waals surface area contributed by atoms with Gasteiger partial charge in [0.2, 0.25) is 0 Å². The lowest BCUT2D eigenvalue weighted by atomic mass is 10.2. The molecule has 2 aromatic heterocycles. The molecule has 0 fully saturated rings. The standard InChI is InChI=1S/C13H11N3O3/c14-6-9-3-4-10(15-7-9)13(18)16-8-11(17)12-2-1-5-19-12/h1-5,7,11,17H,8H2,(H,16,18). The second-order valence-corrected chi connectivity index (χ2v) is 3.79. The normalized spacial score (nSPS) is 11.6. The van der Waals surface area contributed by atoms with Crippen LogP contribution in [-0.2, 0) is 0 Å². The summed E-state index contributed by atoms with van der Waals surface area (Å²) in [4.78, 5) is 15.6. The maximum absolute atomic E-state index is 11.7. The van der Waals surface area contributed by atoms with E-state index >= 15 is 0 Å². The molecule has 2 N–H and O–H groups in total. The summed E-state index contributed by atoms with van der Waals surface area (Å²) in [5.41, 5.74) is 0.567. The highest BCUT2D eigenvalue weighted by Crippen LogP contribution is 2.11. The van der Waals surface area contributed by atoms with Crippen LogP contribution in [0.2, 0.25) is 0 Å². The van der Waals surface area contributed by atoms with Crippen molar-refractivity contribution in [1.29, 1.82) is 5.26 Å². The van der Waals surface area contributed by atoms with Crippen molar-refractivity contribution in [2.75, 3.05) is 6.54 Å². The molecule has 0 aliphatic carbocycles. The summed E-state index contributed by atoms with van der Waals surface area (Å²) in [7, 11) is 0. The van der Waals surface area contributed by atoms with Crippen LogP contribution in [0.4, 0.5) is 0 Å². The molecular weight excluding hydrogens is 246 g/mol. The van der Waals surface area contributed by atoms with Crippen LogP contribution in [0.25, 0.3) is 0 Å². The Morgan fingerprint density at radius 1 is 1.53 bits per heavy atom. The minimum atomic E-state index is -0.905. The molecule has 0 aliphatic rings. The highest BCUT2D eigenvalue weighted by molar-refractivity contribution is 5.92. The van der Waals surface area contributed by atoms with Crippen LogP contribution in [0, 0.1) is 11.3 Å². The molecule has 0 aromatic carbocycles. The maximum Gasteiger partial charge on any atom is 0.269 e. The molecular formula is C13H11N3O3. The van der Waals surface area contributed by atoms with E-state index in [9.17, 15) is 9.90 Å². The first-order chi connectivity index (χ1) is 9.20. The van der Waals surface area contributed by atoms with Gasteiger partial charge in [0.1, 0.15) is 23.6 Å². The topological polar surface area (TPSA) is 99.2 Å². The zero-order valence-electron chi connectivity index (χ0n) is 9.91. The lowest BCUT2D eigenvalue weighted by molar-refractivity contribution is 0.0896. The summed E-state index contributed by atoms with van der Waals surface area (Å²) >= 11 is 0. The van der Waals surface area contributed by atoms with E-state index in [2.05, 4.69) is 10.3 Å². The van der Waals surface area contributed by atoms with Gasteiger partial charge in [-0.05, 0) is 24.3 Å². The summed E-state index contributed by atoms with van der Waals surface area (Å²) in [6, 6.07) is 8.15. The number of carbonyl (C=O) groups excluding carboxylic acids is 1. The van der Waals surface area contributed by atoms with Crippen LogP contribution < -0.4 is 5.32 Å². The number of aliphatic hydroxyl groups excluding tert-OH is 1.